The van der Waals surface area contributed by atoms with Crippen molar-refractivity contribution in [2.24, 2.45) is 0 Å². The van der Waals surface area contributed by atoms with Crippen molar-refractivity contribution in [2.45, 2.75) is 6.61 Å². The predicted molar refractivity (Wildman–Crippen MR) is 119 cm³/mol. The van der Waals surface area contributed by atoms with Crippen molar-refractivity contribution in [3.8, 4) is 5.75 Å². The summed E-state index contributed by atoms with van der Waals surface area (Å²) in [5.41, 5.74) is 3.62. The third-order valence-electron chi connectivity index (χ3n) is 4.85. The van der Waals surface area contributed by atoms with E-state index in [1.807, 2.05) is 48.5 Å². The van der Waals surface area contributed by atoms with Crippen LogP contribution in [0.5, 0.6) is 5.75 Å². The Morgan fingerprint density at radius 3 is 2.23 bits per heavy atom. The molecule has 3 aromatic carbocycles. The summed E-state index contributed by atoms with van der Waals surface area (Å²) < 4.78 is 16.9. The molecule has 6 nitrogen and oxygen atoms in total. The Morgan fingerprint density at radius 1 is 0.903 bits per heavy atom. The van der Waals surface area contributed by atoms with Crippen LogP contribution in [0, 0.1) is 0 Å². The Morgan fingerprint density at radius 2 is 1.58 bits per heavy atom. The second kappa shape index (κ2) is 9.82. The van der Waals surface area contributed by atoms with Gasteiger partial charge >= 0.3 is 5.97 Å². The number of para-hydroxylation sites is 3. The molecule has 0 radical (unpaired) electrons. The van der Waals surface area contributed by atoms with Crippen LogP contribution in [0.3, 0.4) is 0 Å². The van der Waals surface area contributed by atoms with Gasteiger partial charge in [0, 0.05) is 28.9 Å². The van der Waals surface area contributed by atoms with E-state index in [0.29, 0.717) is 31.1 Å². The maximum absolute atomic E-state index is 10.8. The van der Waals surface area contributed by atoms with Gasteiger partial charge in [-0.05, 0) is 30.3 Å². The number of carboxylic acid groups (broad SMARTS) is 1. The lowest BCUT2D eigenvalue weighted by atomic mass is 10.2. The van der Waals surface area contributed by atoms with Crippen molar-refractivity contribution in [3.05, 3.63) is 90.7 Å². The standard InChI is InChI=1S/C25H23NO5/c27-24(28)18-30-23-13-7-12-22-19(17-31-25(22)23)16-29-15-14-26(20-8-3-1-4-9-20)21-10-5-2-6-11-21/h1-13,17H,14-16,18H2,(H,27,28). The van der Waals surface area contributed by atoms with E-state index in [1.54, 1.807) is 12.3 Å². The van der Waals surface area contributed by atoms with E-state index < -0.39 is 12.6 Å². The number of hydrogen-bond donors (Lipinski definition) is 1. The Bertz CT molecular complexity index is 1090. The van der Waals surface area contributed by atoms with Crippen molar-refractivity contribution in [1.82, 2.24) is 0 Å². The van der Waals surface area contributed by atoms with E-state index in [4.69, 9.17) is 19.0 Å². The Balaban J connectivity index is 1.41. The van der Waals surface area contributed by atoms with Crippen molar-refractivity contribution < 1.29 is 23.8 Å². The second-order valence-electron chi connectivity index (χ2n) is 6.95. The summed E-state index contributed by atoms with van der Waals surface area (Å²) in [5.74, 6) is -0.626. The van der Waals surface area contributed by atoms with Crippen LogP contribution in [0.15, 0.2) is 89.5 Å². The first-order chi connectivity index (χ1) is 15.2. The van der Waals surface area contributed by atoms with Gasteiger partial charge in [-0.15, -0.1) is 0 Å². The zero-order valence-corrected chi connectivity index (χ0v) is 16.9. The Kier molecular flexibility index (Phi) is 6.50. The molecule has 1 heterocycles. The summed E-state index contributed by atoms with van der Waals surface area (Å²) in [6.45, 7) is 1.18. The minimum absolute atomic E-state index is 0.382. The van der Waals surface area contributed by atoms with Crippen molar-refractivity contribution in [1.29, 1.82) is 0 Å². The third kappa shape index (κ3) is 5.05. The monoisotopic (exact) mass is 417 g/mol. The number of fused-ring (bicyclic) bond motifs is 1. The summed E-state index contributed by atoms with van der Waals surface area (Å²) in [6, 6.07) is 25.8. The van der Waals surface area contributed by atoms with Gasteiger partial charge in [0.05, 0.1) is 19.5 Å². The highest BCUT2D eigenvalue weighted by molar-refractivity contribution is 5.86. The molecule has 0 bridgehead atoms. The molecule has 0 amide bonds. The van der Waals surface area contributed by atoms with Crippen LogP contribution in [0.4, 0.5) is 11.4 Å². The van der Waals surface area contributed by atoms with E-state index in [2.05, 4.69) is 29.2 Å². The second-order valence-corrected chi connectivity index (χ2v) is 6.95. The van der Waals surface area contributed by atoms with Crippen molar-refractivity contribution in [3.63, 3.8) is 0 Å². The van der Waals surface area contributed by atoms with E-state index in [9.17, 15) is 4.79 Å². The molecule has 0 atom stereocenters. The van der Waals surface area contributed by atoms with Crippen molar-refractivity contribution >= 4 is 28.3 Å². The molecule has 0 aliphatic heterocycles. The highest BCUT2D eigenvalue weighted by Crippen LogP contribution is 2.30. The first kappa shape index (κ1) is 20.5. The topological polar surface area (TPSA) is 72.1 Å². The minimum Gasteiger partial charge on any atom is -0.479 e. The molecule has 0 aliphatic carbocycles. The number of anilines is 2. The molecular formula is C25H23NO5. The molecule has 0 spiro atoms. The summed E-state index contributed by atoms with van der Waals surface area (Å²) >= 11 is 0. The summed E-state index contributed by atoms with van der Waals surface area (Å²) in [4.78, 5) is 13.0. The van der Waals surface area contributed by atoms with E-state index in [0.717, 1.165) is 22.3 Å². The zero-order valence-electron chi connectivity index (χ0n) is 16.9. The third-order valence-corrected chi connectivity index (χ3v) is 4.85. The fourth-order valence-corrected chi connectivity index (χ4v) is 3.41. The lowest BCUT2D eigenvalue weighted by molar-refractivity contribution is -0.139. The SMILES string of the molecule is O=C(O)COc1cccc2c(COCCN(c3ccccc3)c3ccccc3)coc12. The summed E-state index contributed by atoms with van der Waals surface area (Å²) in [6.07, 6.45) is 1.63. The molecule has 0 unspecified atom stereocenters. The molecule has 4 rings (SSSR count). The molecule has 158 valence electrons. The number of furan rings is 1. The number of rotatable bonds is 10. The van der Waals surface area contributed by atoms with Gasteiger partial charge in [0.25, 0.3) is 0 Å². The van der Waals surface area contributed by atoms with Gasteiger partial charge in [0.15, 0.2) is 17.9 Å². The largest absolute Gasteiger partial charge is 0.479 e. The number of carbonyl (C=O) groups is 1. The molecule has 1 N–H and O–H groups in total. The first-order valence-electron chi connectivity index (χ1n) is 10.0. The molecule has 0 saturated carbocycles. The molecule has 4 aromatic rings. The molecule has 31 heavy (non-hydrogen) atoms. The number of nitrogens with zero attached hydrogens (tertiary/aromatic N) is 1. The maximum atomic E-state index is 10.8. The quantitative estimate of drug-likeness (QED) is 0.355. The number of ether oxygens (including phenoxy) is 2. The number of aliphatic carboxylic acids is 1. The maximum Gasteiger partial charge on any atom is 0.341 e. The molecule has 1 aromatic heterocycles. The molecule has 0 aliphatic rings. The molecule has 0 fully saturated rings. The fourth-order valence-electron chi connectivity index (χ4n) is 3.41. The highest BCUT2D eigenvalue weighted by Gasteiger charge is 2.13. The Labute approximate surface area is 180 Å². The van der Waals surface area contributed by atoms with Gasteiger partial charge in [-0.2, -0.15) is 0 Å². The highest BCUT2D eigenvalue weighted by atomic mass is 16.5. The predicted octanol–water partition coefficient (Wildman–Crippen LogP) is 5.25. The van der Waals surface area contributed by atoms with Crippen LogP contribution < -0.4 is 9.64 Å². The number of hydrogen-bond acceptors (Lipinski definition) is 5. The van der Waals surface area contributed by atoms with Gasteiger partial charge in [0.2, 0.25) is 0 Å². The Hall–Kier alpha value is -3.77. The average Bonchev–Trinajstić information content (AvgIpc) is 3.22. The fraction of sp³-hybridized carbons (Fsp3) is 0.160. The average molecular weight is 417 g/mol. The molecule has 6 heteroatoms. The first-order valence-corrected chi connectivity index (χ1v) is 10.0. The minimum atomic E-state index is -1.03. The smallest absolute Gasteiger partial charge is 0.341 e. The van der Waals surface area contributed by atoms with Crippen LogP contribution in [-0.2, 0) is 16.1 Å². The lowest BCUT2D eigenvalue weighted by Gasteiger charge is -2.25. The van der Waals surface area contributed by atoms with Crippen LogP contribution in [0.2, 0.25) is 0 Å². The van der Waals surface area contributed by atoms with Gasteiger partial charge in [-0.3, -0.25) is 0 Å². The summed E-state index contributed by atoms with van der Waals surface area (Å²) in [5, 5.41) is 9.68. The van der Waals surface area contributed by atoms with Crippen molar-refractivity contribution in [2.75, 3.05) is 24.7 Å². The lowest BCUT2D eigenvalue weighted by Crippen LogP contribution is -2.22. The van der Waals surface area contributed by atoms with Gasteiger partial charge in [-0.25, -0.2) is 4.79 Å². The van der Waals surface area contributed by atoms with E-state index >= 15 is 0 Å². The zero-order chi connectivity index (χ0) is 21.5. The van der Waals surface area contributed by atoms with E-state index in [-0.39, 0.29) is 0 Å². The van der Waals surface area contributed by atoms with Gasteiger partial charge < -0.3 is 23.9 Å². The van der Waals surface area contributed by atoms with Gasteiger partial charge in [0.1, 0.15) is 0 Å². The normalized spacial score (nSPS) is 10.8. The van der Waals surface area contributed by atoms with Crippen LogP contribution >= 0.6 is 0 Å². The van der Waals surface area contributed by atoms with E-state index in [1.165, 1.54) is 0 Å². The molecule has 0 saturated heterocycles. The van der Waals surface area contributed by atoms with Crippen LogP contribution in [0.1, 0.15) is 5.56 Å². The summed E-state index contributed by atoms with van der Waals surface area (Å²) in [7, 11) is 0. The van der Waals surface area contributed by atoms with Gasteiger partial charge in [-0.1, -0.05) is 48.5 Å². The number of carboxylic acids is 1. The molecular weight excluding hydrogens is 394 g/mol. The number of benzene rings is 3. The van der Waals surface area contributed by atoms with Crippen LogP contribution in [-0.4, -0.2) is 30.8 Å². The van der Waals surface area contributed by atoms with Crippen LogP contribution in [0.25, 0.3) is 11.0 Å².